The molecule has 0 radical (unpaired) electrons. The molecule has 11 nitrogen and oxygen atoms in total. The number of hydrogen-bond donors (Lipinski definition) is 4. The van der Waals surface area contributed by atoms with Gasteiger partial charge in [0.15, 0.2) is 5.82 Å². The van der Waals surface area contributed by atoms with Gasteiger partial charge >= 0.3 is 5.97 Å². The molecule has 0 aliphatic heterocycles. The number of aliphatic carboxylic acids is 1. The number of aryl methyl sites for hydroxylation is 1. The van der Waals surface area contributed by atoms with Crippen LogP contribution in [0.15, 0.2) is 18.2 Å². The second-order valence-electron chi connectivity index (χ2n) is 7.36. The highest BCUT2D eigenvalue weighted by molar-refractivity contribution is 5.67. The predicted molar refractivity (Wildman–Crippen MR) is 119 cm³/mol. The number of methoxy groups -OCH3 is 1. The van der Waals surface area contributed by atoms with Crippen molar-refractivity contribution in [1.29, 1.82) is 0 Å². The van der Waals surface area contributed by atoms with Crippen molar-refractivity contribution >= 4 is 17.7 Å². The van der Waals surface area contributed by atoms with E-state index in [1.807, 2.05) is 18.2 Å². The van der Waals surface area contributed by atoms with Crippen LogP contribution < -0.4 is 15.8 Å². The Kier molecular flexibility index (Phi) is 7.90. The quantitative estimate of drug-likeness (QED) is 0.306. The van der Waals surface area contributed by atoms with Crippen LogP contribution in [0.1, 0.15) is 54.4 Å². The second kappa shape index (κ2) is 11.0. The Morgan fingerprint density at radius 1 is 1.28 bits per heavy atom. The summed E-state index contributed by atoms with van der Waals surface area (Å²) < 4.78 is 5.58. The number of unbranched alkanes of at least 4 members (excludes halogenated alkanes) is 1. The number of carboxylic acid groups (broad SMARTS) is 1. The maximum absolute atomic E-state index is 11.2. The summed E-state index contributed by atoms with van der Waals surface area (Å²) in [4.78, 5) is 20.0. The van der Waals surface area contributed by atoms with E-state index >= 15 is 0 Å². The smallest absolute Gasteiger partial charge is 0.303 e. The fourth-order valence-electron chi connectivity index (χ4n) is 3.41. The van der Waals surface area contributed by atoms with Crippen molar-refractivity contribution < 1.29 is 14.6 Å². The van der Waals surface area contributed by atoms with Crippen LogP contribution >= 0.6 is 0 Å². The van der Waals surface area contributed by atoms with Crippen molar-refractivity contribution in [2.24, 2.45) is 0 Å². The zero-order valence-electron chi connectivity index (χ0n) is 18.3. The van der Waals surface area contributed by atoms with E-state index in [9.17, 15) is 9.90 Å². The van der Waals surface area contributed by atoms with E-state index in [2.05, 4.69) is 42.8 Å². The molecule has 3 aromatic rings. The van der Waals surface area contributed by atoms with Crippen LogP contribution in [0.4, 0.5) is 11.8 Å². The molecule has 0 saturated heterocycles. The molecule has 0 fully saturated rings. The molecule has 0 bridgehead atoms. The minimum Gasteiger partial charge on any atom is -0.496 e. The van der Waals surface area contributed by atoms with Gasteiger partial charge in [-0.2, -0.15) is 10.2 Å². The lowest BCUT2D eigenvalue weighted by Gasteiger charge is -2.17. The van der Waals surface area contributed by atoms with Crippen LogP contribution in [0.25, 0.3) is 0 Å². The van der Waals surface area contributed by atoms with Gasteiger partial charge in [-0.15, -0.1) is 10.2 Å². The molecule has 1 aromatic carbocycles. The minimum absolute atomic E-state index is 0.0488. The average molecular weight is 441 g/mol. The highest BCUT2D eigenvalue weighted by Crippen LogP contribution is 2.29. The molecule has 0 aliphatic carbocycles. The van der Waals surface area contributed by atoms with Crippen LogP contribution in [0, 0.1) is 0 Å². The van der Waals surface area contributed by atoms with Crippen molar-refractivity contribution in [2.75, 3.05) is 24.7 Å². The normalized spacial score (nSPS) is 10.8. The van der Waals surface area contributed by atoms with Gasteiger partial charge in [0.1, 0.15) is 11.6 Å². The Morgan fingerprint density at radius 3 is 2.81 bits per heavy atom. The van der Waals surface area contributed by atoms with Gasteiger partial charge in [0.2, 0.25) is 5.95 Å². The molecule has 0 unspecified atom stereocenters. The summed E-state index contributed by atoms with van der Waals surface area (Å²) in [5, 5.41) is 26.6. The number of ether oxygens (including phenoxy) is 1. The predicted octanol–water partition coefficient (Wildman–Crippen LogP) is 1.99. The van der Waals surface area contributed by atoms with Gasteiger partial charge in [0.25, 0.3) is 0 Å². The fraction of sp³-hybridized carbons (Fsp3) is 0.429. The van der Waals surface area contributed by atoms with Gasteiger partial charge < -0.3 is 20.9 Å². The van der Waals surface area contributed by atoms with Gasteiger partial charge in [-0.1, -0.05) is 30.7 Å². The number of nitrogens with zero attached hydrogens (tertiary/aromatic N) is 5. The molecular formula is C21H28N8O3. The molecule has 11 heteroatoms. The number of aromatic nitrogens is 6. The van der Waals surface area contributed by atoms with E-state index in [1.54, 1.807) is 7.11 Å². The standard InChI is InChI=1S/C21H28N8O3/c1-3-4-9-23-20-15(16(6-8-19(30)31)24-21(22)25-20)12-14-10-13(5-7-17(14)32-2)11-18-26-28-29-27-18/h5,7,10H,3-4,6,8-9,11-12H2,1-2H3,(H,30,31)(H3,22,23,24,25)(H,26,27,28,29). The zero-order valence-corrected chi connectivity index (χ0v) is 18.3. The summed E-state index contributed by atoms with van der Waals surface area (Å²) in [5.41, 5.74) is 9.26. The van der Waals surface area contributed by atoms with Gasteiger partial charge in [0.05, 0.1) is 19.2 Å². The Labute approximate surface area is 185 Å². The lowest BCUT2D eigenvalue weighted by molar-refractivity contribution is -0.136. The number of tetrazole rings is 1. The fourth-order valence-corrected chi connectivity index (χ4v) is 3.41. The van der Waals surface area contributed by atoms with Gasteiger partial charge in [0, 0.05) is 31.4 Å². The third-order valence-corrected chi connectivity index (χ3v) is 4.97. The molecular weight excluding hydrogens is 412 g/mol. The summed E-state index contributed by atoms with van der Waals surface area (Å²) in [5.74, 6) is 1.14. The van der Waals surface area contributed by atoms with Crippen molar-refractivity contribution in [3.63, 3.8) is 0 Å². The monoisotopic (exact) mass is 440 g/mol. The molecule has 0 amide bonds. The van der Waals surface area contributed by atoms with Gasteiger partial charge in [-0.25, -0.2) is 4.98 Å². The van der Waals surface area contributed by atoms with Gasteiger partial charge in [-0.3, -0.25) is 4.79 Å². The second-order valence-corrected chi connectivity index (χ2v) is 7.36. The van der Waals surface area contributed by atoms with Crippen molar-refractivity contribution in [2.45, 2.75) is 45.4 Å². The van der Waals surface area contributed by atoms with E-state index in [4.69, 9.17) is 10.5 Å². The number of hydrogen-bond acceptors (Lipinski definition) is 9. The van der Waals surface area contributed by atoms with Crippen LogP contribution in [-0.2, 0) is 24.1 Å². The first-order chi connectivity index (χ1) is 15.5. The minimum atomic E-state index is -0.895. The molecule has 0 atom stereocenters. The lowest BCUT2D eigenvalue weighted by atomic mass is 9.98. The number of carbonyl (C=O) groups is 1. The first kappa shape index (κ1) is 22.9. The molecule has 5 N–H and O–H groups in total. The van der Waals surface area contributed by atoms with E-state index in [-0.39, 0.29) is 18.8 Å². The Hall–Kier alpha value is -3.76. The number of benzene rings is 1. The van der Waals surface area contributed by atoms with E-state index in [0.29, 0.717) is 35.9 Å². The first-order valence-corrected chi connectivity index (χ1v) is 10.5. The molecule has 32 heavy (non-hydrogen) atoms. The van der Waals surface area contributed by atoms with Crippen molar-refractivity contribution in [3.8, 4) is 5.75 Å². The summed E-state index contributed by atoms with van der Waals surface area (Å²) in [7, 11) is 1.61. The first-order valence-electron chi connectivity index (χ1n) is 10.5. The summed E-state index contributed by atoms with van der Waals surface area (Å²) in [6.45, 7) is 2.84. The molecule has 3 rings (SSSR count). The zero-order chi connectivity index (χ0) is 22.9. The molecule has 0 aliphatic rings. The highest BCUT2D eigenvalue weighted by Gasteiger charge is 2.18. The van der Waals surface area contributed by atoms with E-state index in [0.717, 1.165) is 36.1 Å². The molecule has 0 spiro atoms. The summed E-state index contributed by atoms with van der Waals surface area (Å²) >= 11 is 0. The van der Waals surface area contributed by atoms with Gasteiger partial charge in [-0.05, 0) is 23.6 Å². The number of anilines is 2. The molecule has 2 aromatic heterocycles. The number of nitrogens with two attached hydrogens (primary N) is 1. The summed E-state index contributed by atoms with van der Waals surface area (Å²) in [6.07, 6.45) is 3.17. The van der Waals surface area contributed by atoms with E-state index < -0.39 is 5.97 Å². The third-order valence-electron chi connectivity index (χ3n) is 4.97. The number of H-pyrrole nitrogens is 1. The Morgan fingerprint density at radius 2 is 2.12 bits per heavy atom. The molecule has 0 saturated carbocycles. The topological polar surface area (TPSA) is 165 Å². The SMILES string of the molecule is CCCCNc1nc(N)nc(CCC(=O)O)c1Cc1cc(Cc2nn[nH]n2)ccc1OC. The van der Waals surface area contributed by atoms with Crippen molar-refractivity contribution in [1.82, 2.24) is 30.6 Å². The van der Waals surface area contributed by atoms with Crippen LogP contribution in [0.2, 0.25) is 0 Å². The van der Waals surface area contributed by atoms with Crippen LogP contribution in [-0.4, -0.2) is 55.3 Å². The van der Waals surface area contributed by atoms with Crippen LogP contribution in [0.5, 0.6) is 5.75 Å². The molecule has 2 heterocycles. The Bertz CT molecular complexity index is 1040. The summed E-state index contributed by atoms with van der Waals surface area (Å²) in [6, 6.07) is 5.86. The number of nitrogen functional groups attached to an aromatic ring is 1. The average Bonchev–Trinajstić information content (AvgIpc) is 3.27. The van der Waals surface area contributed by atoms with Crippen molar-refractivity contribution in [3.05, 3.63) is 46.4 Å². The number of carboxylic acids is 1. The lowest BCUT2D eigenvalue weighted by Crippen LogP contribution is -2.14. The third kappa shape index (κ3) is 6.13. The maximum atomic E-state index is 11.2. The van der Waals surface area contributed by atoms with Crippen LogP contribution in [0.3, 0.4) is 0 Å². The number of aromatic amines is 1. The largest absolute Gasteiger partial charge is 0.496 e. The number of nitrogens with one attached hydrogen (secondary N) is 2. The highest BCUT2D eigenvalue weighted by atomic mass is 16.5. The molecule has 170 valence electrons. The maximum Gasteiger partial charge on any atom is 0.303 e. The number of rotatable bonds is 12. The van der Waals surface area contributed by atoms with E-state index in [1.165, 1.54) is 0 Å². The Balaban J connectivity index is 1.98.